The lowest BCUT2D eigenvalue weighted by atomic mass is 9.61. The van der Waals surface area contributed by atoms with E-state index < -0.39 is 5.82 Å². The Morgan fingerprint density at radius 2 is 2.00 bits per heavy atom. The highest BCUT2D eigenvalue weighted by molar-refractivity contribution is 5.89. The first-order chi connectivity index (χ1) is 17.6. The number of nitrogens with zero attached hydrogens (tertiary/aromatic N) is 5. The molecule has 4 saturated carbocycles. The predicted octanol–water partition coefficient (Wildman–Crippen LogP) is 4.46. The largest absolute Gasteiger partial charge is 0.466 e. The summed E-state index contributed by atoms with van der Waals surface area (Å²) in [6.07, 6.45) is 7.73. The minimum Gasteiger partial charge on any atom is -0.466 e. The van der Waals surface area contributed by atoms with Crippen molar-refractivity contribution in [1.82, 2.24) is 29.8 Å². The molecule has 0 amide bonds. The molecule has 2 unspecified atom stereocenters. The summed E-state index contributed by atoms with van der Waals surface area (Å²) in [5, 5.41) is 16.3. The molecule has 4 heterocycles. The summed E-state index contributed by atoms with van der Waals surface area (Å²) in [6, 6.07) is 5.49. The summed E-state index contributed by atoms with van der Waals surface area (Å²) in [4.78, 5) is 22.0. The fraction of sp³-hybridized carbons (Fsp3) is 0.500. The number of nitrogens with one attached hydrogen (secondary N) is 2. The average Bonchev–Trinajstić information content (AvgIpc) is 3.50. The van der Waals surface area contributed by atoms with Gasteiger partial charge in [-0.3, -0.25) is 9.89 Å². The first-order valence-corrected chi connectivity index (χ1v) is 12.9. The summed E-state index contributed by atoms with van der Waals surface area (Å²) < 4.78 is 21.5. The quantitative estimate of drug-likeness (QED) is 0.385. The summed E-state index contributed by atoms with van der Waals surface area (Å²) in [7, 11) is 0. The van der Waals surface area contributed by atoms with Crippen LogP contribution in [0.2, 0.25) is 0 Å². The molecule has 2 atom stereocenters. The SMILES string of the molecule is CCOC(=O)C1C2CCC(CC2)C1Nc1nc(-c2n[nH]c3ncc(F)cc23)nn2c(C3CC3)ccc12. The highest BCUT2D eigenvalue weighted by atomic mass is 19.1. The first kappa shape index (κ1) is 21.7. The summed E-state index contributed by atoms with van der Waals surface area (Å²) in [6.45, 7) is 2.23. The maximum absolute atomic E-state index is 14.0. The third-order valence-corrected chi connectivity index (χ3v) is 8.21. The van der Waals surface area contributed by atoms with E-state index in [9.17, 15) is 9.18 Å². The molecule has 4 aliphatic carbocycles. The minimum atomic E-state index is -0.445. The van der Waals surface area contributed by atoms with Gasteiger partial charge in [-0.2, -0.15) is 5.10 Å². The molecule has 4 aromatic heterocycles. The van der Waals surface area contributed by atoms with Crippen LogP contribution in [0.25, 0.3) is 28.1 Å². The van der Waals surface area contributed by atoms with Crippen LogP contribution in [0.1, 0.15) is 57.1 Å². The van der Waals surface area contributed by atoms with Gasteiger partial charge in [0.05, 0.1) is 24.1 Å². The molecule has 0 saturated heterocycles. The zero-order valence-corrected chi connectivity index (χ0v) is 20.1. The van der Waals surface area contributed by atoms with Crippen molar-refractivity contribution in [3.05, 3.63) is 35.9 Å². The van der Waals surface area contributed by atoms with Gasteiger partial charge in [0.2, 0.25) is 5.82 Å². The molecule has 2 N–H and O–H groups in total. The number of hydrogen-bond acceptors (Lipinski definition) is 7. The van der Waals surface area contributed by atoms with E-state index in [1.54, 1.807) is 0 Å². The Balaban J connectivity index is 1.35. The maximum Gasteiger partial charge on any atom is 0.311 e. The van der Waals surface area contributed by atoms with E-state index in [4.69, 9.17) is 14.8 Å². The van der Waals surface area contributed by atoms with Crippen LogP contribution in [0.3, 0.4) is 0 Å². The van der Waals surface area contributed by atoms with Crippen molar-refractivity contribution >= 4 is 28.3 Å². The molecule has 8 rings (SSSR count). The molecule has 0 spiro atoms. The number of ether oxygens (including phenoxy) is 1. The normalized spacial score (nSPS) is 25.5. The predicted molar refractivity (Wildman–Crippen MR) is 131 cm³/mol. The van der Waals surface area contributed by atoms with Crippen LogP contribution < -0.4 is 5.32 Å². The zero-order chi connectivity index (χ0) is 24.4. The molecule has 186 valence electrons. The zero-order valence-electron chi connectivity index (χ0n) is 20.1. The highest BCUT2D eigenvalue weighted by Gasteiger charge is 2.48. The monoisotopic (exact) mass is 489 g/mol. The van der Waals surface area contributed by atoms with Gasteiger partial charge in [0, 0.05) is 17.7 Å². The van der Waals surface area contributed by atoms with Crippen LogP contribution in [-0.4, -0.2) is 48.4 Å². The summed E-state index contributed by atoms with van der Waals surface area (Å²) in [5.74, 6) is 1.46. The maximum atomic E-state index is 14.0. The smallest absolute Gasteiger partial charge is 0.311 e. The van der Waals surface area contributed by atoms with Gasteiger partial charge in [-0.15, -0.1) is 5.10 Å². The van der Waals surface area contributed by atoms with Crippen LogP contribution in [0.15, 0.2) is 24.4 Å². The molecule has 4 aromatic rings. The van der Waals surface area contributed by atoms with E-state index in [2.05, 4.69) is 26.6 Å². The number of pyridine rings is 1. The van der Waals surface area contributed by atoms with Crippen molar-refractivity contribution in [2.75, 3.05) is 11.9 Å². The number of carbonyl (C=O) groups is 1. The Morgan fingerprint density at radius 3 is 2.78 bits per heavy atom. The number of anilines is 1. The Hall–Kier alpha value is -3.56. The van der Waals surface area contributed by atoms with E-state index in [0.29, 0.717) is 52.7 Å². The van der Waals surface area contributed by atoms with E-state index in [0.717, 1.165) is 55.9 Å². The van der Waals surface area contributed by atoms with Crippen LogP contribution in [0, 0.1) is 23.6 Å². The third-order valence-electron chi connectivity index (χ3n) is 8.21. The van der Waals surface area contributed by atoms with Gasteiger partial charge in [-0.25, -0.2) is 18.9 Å². The lowest BCUT2D eigenvalue weighted by Gasteiger charge is -2.47. The lowest BCUT2D eigenvalue weighted by Crippen LogP contribution is -2.52. The molecule has 36 heavy (non-hydrogen) atoms. The number of rotatable bonds is 6. The highest BCUT2D eigenvalue weighted by Crippen LogP contribution is 2.47. The molecule has 0 radical (unpaired) electrons. The average molecular weight is 490 g/mol. The van der Waals surface area contributed by atoms with Gasteiger partial charge < -0.3 is 10.1 Å². The molecular formula is C26H28FN7O2. The number of carbonyl (C=O) groups excluding carboxylic acids is 1. The van der Waals surface area contributed by atoms with Crippen molar-refractivity contribution in [1.29, 1.82) is 0 Å². The summed E-state index contributed by atoms with van der Waals surface area (Å²) >= 11 is 0. The Labute approximate surface area is 206 Å². The standard InChI is InChI=1S/C26H28FN7O2/c1-2-36-26(35)20-14-5-7-15(8-6-14)21(20)29-24-19-10-9-18(13-3-4-13)34(19)33-25(30-24)22-17-11-16(27)12-28-23(17)32-31-22/h9-15,20-21H,2-8H2,1H3,(H,28,31,32)(H,29,30,33). The molecule has 0 aromatic carbocycles. The van der Waals surface area contributed by atoms with Gasteiger partial charge in [0.25, 0.3) is 0 Å². The molecule has 10 heteroatoms. The number of hydrogen-bond donors (Lipinski definition) is 2. The molecule has 4 aliphatic rings. The molecule has 2 bridgehead atoms. The van der Waals surface area contributed by atoms with Crippen molar-refractivity contribution in [3.63, 3.8) is 0 Å². The lowest BCUT2D eigenvalue weighted by molar-refractivity contribution is -0.154. The number of esters is 1. The first-order valence-electron chi connectivity index (χ1n) is 12.9. The van der Waals surface area contributed by atoms with Crippen molar-refractivity contribution in [2.24, 2.45) is 17.8 Å². The van der Waals surface area contributed by atoms with Crippen LogP contribution in [0.4, 0.5) is 10.2 Å². The van der Waals surface area contributed by atoms with Crippen LogP contribution in [0.5, 0.6) is 0 Å². The molecule has 0 aliphatic heterocycles. The second-order valence-corrected chi connectivity index (χ2v) is 10.4. The number of halogens is 1. The number of aromatic amines is 1. The number of aromatic nitrogens is 6. The van der Waals surface area contributed by atoms with Gasteiger partial charge in [0.1, 0.15) is 17.0 Å². The Kier molecular flexibility index (Phi) is 4.97. The molecule has 9 nitrogen and oxygen atoms in total. The fourth-order valence-electron chi connectivity index (χ4n) is 6.35. The topological polar surface area (TPSA) is 110 Å². The van der Waals surface area contributed by atoms with Crippen molar-refractivity contribution in [3.8, 4) is 11.5 Å². The van der Waals surface area contributed by atoms with Crippen molar-refractivity contribution < 1.29 is 13.9 Å². The molecule has 4 fully saturated rings. The van der Waals surface area contributed by atoms with Gasteiger partial charge in [0.15, 0.2) is 11.5 Å². The number of fused-ring (bicyclic) bond motifs is 5. The summed E-state index contributed by atoms with van der Waals surface area (Å²) in [5.41, 5.74) is 2.93. The molecular weight excluding hydrogens is 461 g/mol. The van der Waals surface area contributed by atoms with Gasteiger partial charge in [-0.05, 0) is 75.5 Å². The van der Waals surface area contributed by atoms with Gasteiger partial charge >= 0.3 is 5.97 Å². The Morgan fingerprint density at radius 1 is 1.19 bits per heavy atom. The third kappa shape index (κ3) is 3.45. The van der Waals surface area contributed by atoms with Crippen LogP contribution >= 0.6 is 0 Å². The minimum absolute atomic E-state index is 0.0579. The van der Waals surface area contributed by atoms with E-state index in [-0.39, 0.29) is 17.9 Å². The van der Waals surface area contributed by atoms with E-state index in [1.807, 2.05) is 17.5 Å². The van der Waals surface area contributed by atoms with E-state index in [1.165, 1.54) is 6.07 Å². The number of H-pyrrole nitrogens is 1. The second-order valence-electron chi connectivity index (χ2n) is 10.4. The van der Waals surface area contributed by atoms with Crippen LogP contribution in [-0.2, 0) is 9.53 Å². The van der Waals surface area contributed by atoms with E-state index >= 15 is 0 Å². The van der Waals surface area contributed by atoms with Gasteiger partial charge in [-0.1, -0.05) is 0 Å². The van der Waals surface area contributed by atoms with Crippen molar-refractivity contribution in [2.45, 2.75) is 57.4 Å². The fourth-order valence-corrected chi connectivity index (χ4v) is 6.35. The second kappa shape index (κ2) is 8.25. The Bertz CT molecular complexity index is 1470.